The van der Waals surface area contributed by atoms with Gasteiger partial charge in [-0.1, -0.05) is 42.5 Å². The van der Waals surface area contributed by atoms with Gasteiger partial charge in [0.05, 0.1) is 23.8 Å². The van der Waals surface area contributed by atoms with Crippen molar-refractivity contribution in [1.29, 1.82) is 0 Å². The molecule has 35 heavy (non-hydrogen) atoms. The summed E-state index contributed by atoms with van der Waals surface area (Å²) in [6.45, 7) is 4.21. The number of anilines is 1. The summed E-state index contributed by atoms with van der Waals surface area (Å²) in [4.78, 5) is 13.3. The monoisotopic (exact) mass is 508 g/mol. The van der Waals surface area contributed by atoms with E-state index in [4.69, 9.17) is 4.74 Å². The van der Waals surface area contributed by atoms with Gasteiger partial charge in [0.2, 0.25) is 0 Å². The summed E-state index contributed by atoms with van der Waals surface area (Å²) in [5.41, 5.74) is -0.204. The number of carbonyl (C=O) groups is 1. The highest BCUT2D eigenvalue weighted by atomic mass is 35.5. The normalized spacial score (nSPS) is 17.1. The molecule has 1 aliphatic heterocycles. The first kappa shape index (κ1) is 26.8. The van der Waals surface area contributed by atoms with Crippen molar-refractivity contribution in [2.45, 2.75) is 31.7 Å². The number of carboxylic acid groups (broad SMARTS) is 1. The standard InChI is InChI=1S/C26H27F3N2O3.ClH/c1-17(21-8-4-6-18-5-2-3-7-22(18)21)30-12-11-20-16-31(13-14-34-20)19-9-10-24(26(27,28)29)23(15-19)25(32)33;/h2-10,15,17,20,30H,11-14,16H2,1H3,(H,32,33);1H/t17-,20?;/m1./s1. The quantitative estimate of drug-likeness (QED) is 0.414. The third kappa shape index (κ3) is 6.25. The molecule has 1 saturated heterocycles. The molecule has 0 aromatic heterocycles. The zero-order valence-electron chi connectivity index (χ0n) is 19.2. The van der Waals surface area contributed by atoms with Gasteiger partial charge in [0.1, 0.15) is 0 Å². The predicted octanol–water partition coefficient (Wildman–Crippen LogP) is 5.92. The van der Waals surface area contributed by atoms with Crippen molar-refractivity contribution < 1.29 is 27.8 Å². The second-order valence-corrected chi connectivity index (χ2v) is 8.50. The molecule has 0 saturated carbocycles. The molecule has 0 bridgehead atoms. The number of hydrogen-bond donors (Lipinski definition) is 2. The van der Waals surface area contributed by atoms with Crippen molar-refractivity contribution >= 4 is 34.8 Å². The largest absolute Gasteiger partial charge is 0.478 e. The second kappa shape index (κ2) is 11.3. The highest BCUT2D eigenvalue weighted by Gasteiger charge is 2.36. The van der Waals surface area contributed by atoms with Crippen LogP contribution in [0.15, 0.2) is 60.7 Å². The van der Waals surface area contributed by atoms with Crippen molar-refractivity contribution in [1.82, 2.24) is 5.32 Å². The van der Waals surface area contributed by atoms with Crippen LogP contribution in [0.25, 0.3) is 10.8 Å². The summed E-state index contributed by atoms with van der Waals surface area (Å²) in [5.74, 6) is -1.59. The van der Waals surface area contributed by atoms with Gasteiger partial charge in [-0.3, -0.25) is 0 Å². The topological polar surface area (TPSA) is 61.8 Å². The molecule has 0 aliphatic carbocycles. The van der Waals surface area contributed by atoms with Crippen molar-refractivity contribution in [3.8, 4) is 0 Å². The maximum atomic E-state index is 13.2. The Kier molecular flexibility index (Phi) is 8.64. The average molecular weight is 509 g/mol. The zero-order chi connectivity index (χ0) is 24.3. The first-order chi connectivity index (χ1) is 16.2. The molecule has 188 valence electrons. The number of nitrogens with zero attached hydrogens (tertiary/aromatic N) is 1. The molecular formula is C26H28ClF3N2O3. The number of fused-ring (bicyclic) bond motifs is 1. The number of carboxylic acids is 1. The summed E-state index contributed by atoms with van der Waals surface area (Å²) in [5, 5.41) is 15.2. The molecular weight excluding hydrogens is 481 g/mol. The molecule has 2 atom stereocenters. The number of ether oxygens (including phenoxy) is 1. The zero-order valence-corrected chi connectivity index (χ0v) is 20.0. The van der Waals surface area contributed by atoms with Gasteiger partial charge in [0.25, 0.3) is 0 Å². The van der Waals surface area contributed by atoms with E-state index in [0.29, 0.717) is 31.9 Å². The van der Waals surface area contributed by atoms with Crippen LogP contribution in [-0.2, 0) is 10.9 Å². The third-order valence-corrected chi connectivity index (χ3v) is 6.25. The Bertz CT molecular complexity index is 1170. The lowest BCUT2D eigenvalue weighted by Crippen LogP contribution is -2.43. The fraction of sp³-hybridized carbons (Fsp3) is 0.346. The summed E-state index contributed by atoms with van der Waals surface area (Å²) in [6, 6.07) is 17.9. The molecule has 3 aromatic rings. The molecule has 2 N–H and O–H groups in total. The predicted molar refractivity (Wildman–Crippen MR) is 133 cm³/mol. The van der Waals surface area contributed by atoms with Crippen LogP contribution in [0, 0.1) is 0 Å². The number of nitrogens with one attached hydrogen (secondary N) is 1. The van der Waals surface area contributed by atoms with Gasteiger partial charge in [-0.2, -0.15) is 13.2 Å². The molecule has 1 aliphatic rings. The maximum absolute atomic E-state index is 13.2. The smallest absolute Gasteiger partial charge is 0.417 e. The Hall–Kier alpha value is -2.81. The summed E-state index contributed by atoms with van der Waals surface area (Å²) < 4.78 is 45.3. The first-order valence-corrected chi connectivity index (χ1v) is 11.3. The minimum Gasteiger partial charge on any atom is -0.478 e. The van der Waals surface area contributed by atoms with E-state index in [-0.39, 0.29) is 24.6 Å². The van der Waals surface area contributed by atoms with Crippen LogP contribution < -0.4 is 10.2 Å². The molecule has 1 heterocycles. The SMILES string of the molecule is C[C@@H](NCCC1CN(c2ccc(C(F)(F)F)c(C(=O)O)c2)CCO1)c1cccc2ccccc12.Cl. The highest BCUT2D eigenvalue weighted by Crippen LogP contribution is 2.34. The number of hydrogen-bond acceptors (Lipinski definition) is 4. The Labute approximate surface area is 208 Å². The number of benzene rings is 3. The Morgan fingerprint density at radius 3 is 2.66 bits per heavy atom. The van der Waals surface area contributed by atoms with Crippen LogP contribution in [0.3, 0.4) is 0 Å². The van der Waals surface area contributed by atoms with E-state index in [1.165, 1.54) is 22.4 Å². The van der Waals surface area contributed by atoms with E-state index in [1.54, 1.807) is 0 Å². The number of morpholine rings is 1. The van der Waals surface area contributed by atoms with Gasteiger partial charge < -0.3 is 20.1 Å². The minimum absolute atomic E-state index is 0. The Balaban J connectivity index is 0.00000342. The summed E-state index contributed by atoms with van der Waals surface area (Å²) in [7, 11) is 0. The Morgan fingerprint density at radius 1 is 1.17 bits per heavy atom. The lowest BCUT2D eigenvalue weighted by atomic mass is 9.99. The van der Waals surface area contributed by atoms with E-state index in [9.17, 15) is 23.1 Å². The molecule has 4 rings (SSSR count). The lowest BCUT2D eigenvalue weighted by molar-refractivity contribution is -0.138. The van der Waals surface area contributed by atoms with Crippen molar-refractivity contribution in [2.24, 2.45) is 0 Å². The molecule has 3 aromatic carbocycles. The minimum atomic E-state index is -4.72. The second-order valence-electron chi connectivity index (χ2n) is 8.50. The summed E-state index contributed by atoms with van der Waals surface area (Å²) in [6.07, 6.45) is -4.11. The molecule has 5 nitrogen and oxygen atoms in total. The van der Waals surface area contributed by atoms with Crippen LogP contribution in [0.5, 0.6) is 0 Å². The Morgan fingerprint density at radius 2 is 1.91 bits per heavy atom. The van der Waals surface area contributed by atoms with Gasteiger partial charge in [0.15, 0.2) is 0 Å². The average Bonchev–Trinajstić information content (AvgIpc) is 2.83. The van der Waals surface area contributed by atoms with Gasteiger partial charge >= 0.3 is 12.1 Å². The fourth-order valence-corrected chi connectivity index (χ4v) is 4.48. The molecule has 9 heteroatoms. The third-order valence-electron chi connectivity index (χ3n) is 6.25. The highest BCUT2D eigenvalue weighted by molar-refractivity contribution is 5.91. The maximum Gasteiger partial charge on any atom is 0.417 e. The van der Waals surface area contributed by atoms with Gasteiger partial charge in [-0.15, -0.1) is 12.4 Å². The van der Waals surface area contributed by atoms with Crippen molar-refractivity contribution in [3.05, 3.63) is 77.4 Å². The fourth-order valence-electron chi connectivity index (χ4n) is 4.48. The molecule has 0 spiro atoms. The van der Waals surface area contributed by atoms with Gasteiger partial charge in [-0.05, 0) is 54.4 Å². The van der Waals surface area contributed by atoms with Crippen LogP contribution in [0.2, 0.25) is 0 Å². The van der Waals surface area contributed by atoms with Crippen molar-refractivity contribution in [2.75, 3.05) is 31.1 Å². The van der Waals surface area contributed by atoms with Crippen LogP contribution in [0.4, 0.5) is 18.9 Å². The van der Waals surface area contributed by atoms with E-state index in [1.807, 2.05) is 23.1 Å². The molecule has 1 fully saturated rings. The van der Waals surface area contributed by atoms with Crippen molar-refractivity contribution in [3.63, 3.8) is 0 Å². The van der Waals surface area contributed by atoms with Gasteiger partial charge in [-0.25, -0.2) is 4.79 Å². The number of halogens is 4. The van der Waals surface area contributed by atoms with Crippen LogP contribution in [0.1, 0.15) is 40.9 Å². The number of rotatable bonds is 7. The lowest BCUT2D eigenvalue weighted by Gasteiger charge is -2.35. The molecule has 1 unspecified atom stereocenters. The van der Waals surface area contributed by atoms with E-state index >= 15 is 0 Å². The van der Waals surface area contributed by atoms with Gasteiger partial charge in [0, 0.05) is 24.8 Å². The van der Waals surface area contributed by atoms with E-state index < -0.39 is 23.3 Å². The number of aromatic carboxylic acids is 1. The first-order valence-electron chi connectivity index (χ1n) is 11.3. The van der Waals surface area contributed by atoms with Crippen LogP contribution in [-0.4, -0.2) is 43.4 Å². The van der Waals surface area contributed by atoms with Crippen LogP contribution >= 0.6 is 12.4 Å². The van der Waals surface area contributed by atoms with E-state index in [2.05, 4.69) is 36.5 Å². The van der Waals surface area contributed by atoms with E-state index in [0.717, 1.165) is 18.6 Å². The molecule has 0 radical (unpaired) electrons. The number of alkyl halides is 3. The summed E-state index contributed by atoms with van der Waals surface area (Å²) >= 11 is 0. The molecule has 0 amide bonds.